The molecular formula is C24H26F3N2+. The number of aromatic nitrogens is 2. The number of hydrogen-bond acceptors (Lipinski definition) is 0. The van der Waals surface area contributed by atoms with Gasteiger partial charge in [0.05, 0.1) is 12.1 Å². The Balaban J connectivity index is 2.10. The van der Waals surface area contributed by atoms with Gasteiger partial charge in [-0.15, -0.1) is 9.36 Å². The van der Waals surface area contributed by atoms with Crippen molar-refractivity contribution in [3.05, 3.63) is 71.4 Å². The molecule has 0 spiro atoms. The first-order chi connectivity index (χ1) is 13.5. The maximum absolute atomic E-state index is 13.8. The number of para-hydroxylation sites is 1. The summed E-state index contributed by atoms with van der Waals surface area (Å²) in [6.07, 6.45) is -5.15. The minimum absolute atomic E-state index is 0.695. The zero-order valence-electron chi connectivity index (χ0n) is 17.4. The highest BCUT2D eigenvalue weighted by Gasteiger charge is 2.57. The molecule has 0 bridgehead atoms. The van der Waals surface area contributed by atoms with Gasteiger partial charge in [0.15, 0.2) is 7.05 Å². The fourth-order valence-corrected chi connectivity index (χ4v) is 4.87. The average molecular weight is 399 g/mol. The van der Waals surface area contributed by atoms with E-state index >= 15 is 0 Å². The number of halogens is 3. The second kappa shape index (κ2) is 6.22. The lowest BCUT2D eigenvalue weighted by Crippen LogP contribution is -2.54. The molecule has 0 radical (unpaired) electrons. The van der Waals surface area contributed by atoms with E-state index in [2.05, 4.69) is 0 Å². The van der Waals surface area contributed by atoms with Gasteiger partial charge in [-0.05, 0) is 30.2 Å². The van der Waals surface area contributed by atoms with Crippen LogP contribution in [0.2, 0.25) is 0 Å². The maximum Gasteiger partial charge on any atom is 0.390 e. The topological polar surface area (TPSA) is 8.81 Å². The van der Waals surface area contributed by atoms with Crippen LogP contribution in [0.3, 0.4) is 0 Å². The summed E-state index contributed by atoms with van der Waals surface area (Å²) in [5, 5.41) is 0. The van der Waals surface area contributed by atoms with Crippen LogP contribution in [0.4, 0.5) is 13.2 Å². The van der Waals surface area contributed by atoms with Gasteiger partial charge in [-0.3, -0.25) is 0 Å². The molecule has 1 unspecified atom stereocenters. The van der Waals surface area contributed by atoms with Crippen molar-refractivity contribution in [1.29, 1.82) is 0 Å². The van der Waals surface area contributed by atoms with Gasteiger partial charge in [-0.1, -0.05) is 57.2 Å². The molecule has 2 heterocycles. The van der Waals surface area contributed by atoms with E-state index in [4.69, 9.17) is 0 Å². The Morgan fingerprint density at radius 3 is 2.24 bits per heavy atom. The van der Waals surface area contributed by atoms with Crippen LogP contribution in [0.5, 0.6) is 0 Å². The van der Waals surface area contributed by atoms with Gasteiger partial charge >= 0.3 is 6.18 Å². The first kappa shape index (κ1) is 19.7. The predicted octanol–water partition coefficient (Wildman–Crippen LogP) is 5.78. The number of fused-ring (bicyclic) bond motifs is 3. The van der Waals surface area contributed by atoms with E-state index in [1.165, 1.54) is 0 Å². The van der Waals surface area contributed by atoms with Gasteiger partial charge in [0.2, 0.25) is 5.69 Å². The lowest BCUT2D eigenvalue weighted by atomic mass is 9.57. The second-order valence-electron chi connectivity index (χ2n) is 8.84. The molecule has 0 saturated heterocycles. The number of nitrogens with zero attached hydrogens (tertiary/aromatic N) is 2. The van der Waals surface area contributed by atoms with Crippen LogP contribution < -0.4 is 4.68 Å². The number of hydrogen-bond donors (Lipinski definition) is 0. The second-order valence-corrected chi connectivity index (χ2v) is 8.84. The molecule has 3 aromatic rings. The summed E-state index contributed by atoms with van der Waals surface area (Å²) in [5.74, 6) is 0. The minimum atomic E-state index is -4.27. The Bertz CT molecular complexity index is 1080. The SMILES string of the molecule is Cc1cccc2c1-n1c(cc(-c3ccccc3)[n+]1C)C(C)(CC(F)(F)F)C2(C)C. The molecule has 1 aliphatic rings. The molecule has 0 fully saturated rings. The molecule has 0 aliphatic carbocycles. The normalized spacial score (nSPS) is 20.3. The Morgan fingerprint density at radius 2 is 1.62 bits per heavy atom. The summed E-state index contributed by atoms with van der Waals surface area (Å²) >= 11 is 0. The van der Waals surface area contributed by atoms with Crippen molar-refractivity contribution in [3.8, 4) is 16.9 Å². The van der Waals surface area contributed by atoms with Crippen LogP contribution in [-0.2, 0) is 17.9 Å². The van der Waals surface area contributed by atoms with Crippen molar-refractivity contribution in [1.82, 2.24) is 4.68 Å². The molecular weight excluding hydrogens is 373 g/mol. The highest BCUT2D eigenvalue weighted by molar-refractivity contribution is 5.62. The summed E-state index contributed by atoms with van der Waals surface area (Å²) < 4.78 is 45.4. The quantitative estimate of drug-likeness (QED) is 0.483. The van der Waals surface area contributed by atoms with E-state index in [0.29, 0.717) is 5.69 Å². The first-order valence-electron chi connectivity index (χ1n) is 9.82. The van der Waals surface area contributed by atoms with E-state index in [1.807, 2.05) is 91.8 Å². The van der Waals surface area contributed by atoms with Crippen LogP contribution in [0, 0.1) is 6.92 Å². The fraction of sp³-hybridized carbons (Fsp3) is 0.375. The van der Waals surface area contributed by atoms with Crippen molar-refractivity contribution >= 4 is 0 Å². The predicted molar refractivity (Wildman–Crippen MR) is 108 cm³/mol. The van der Waals surface area contributed by atoms with E-state index in [1.54, 1.807) is 6.92 Å². The smallest absolute Gasteiger partial charge is 0.171 e. The van der Waals surface area contributed by atoms with E-state index in [-0.39, 0.29) is 0 Å². The van der Waals surface area contributed by atoms with E-state index < -0.39 is 23.4 Å². The fourth-order valence-electron chi connectivity index (χ4n) is 4.87. The van der Waals surface area contributed by atoms with Crippen LogP contribution in [0.15, 0.2) is 54.6 Å². The third kappa shape index (κ3) is 2.82. The molecule has 0 amide bonds. The summed E-state index contributed by atoms with van der Waals surface area (Å²) in [6, 6.07) is 17.7. The molecule has 0 saturated carbocycles. The van der Waals surface area contributed by atoms with Crippen LogP contribution >= 0.6 is 0 Å². The van der Waals surface area contributed by atoms with Crippen LogP contribution in [0.1, 0.15) is 44.0 Å². The highest BCUT2D eigenvalue weighted by atomic mass is 19.4. The summed E-state index contributed by atoms with van der Waals surface area (Å²) in [7, 11) is 1.92. The number of rotatable bonds is 2. The first-order valence-corrected chi connectivity index (χ1v) is 9.82. The summed E-state index contributed by atoms with van der Waals surface area (Å²) in [6.45, 7) is 7.66. The Morgan fingerprint density at radius 1 is 0.966 bits per heavy atom. The van der Waals surface area contributed by atoms with Crippen molar-refractivity contribution in [2.24, 2.45) is 7.05 Å². The minimum Gasteiger partial charge on any atom is -0.171 e. The standard InChI is InChI=1S/C24H26F3N2/c1-16-10-9-13-18-21(16)29-20(23(4,22(18,2)3)15-24(25,26)27)14-19(28(29)5)17-11-7-6-8-12-17/h6-14H,15H2,1-5H3/q+1. The highest BCUT2D eigenvalue weighted by Crippen LogP contribution is 2.55. The maximum atomic E-state index is 13.8. The van der Waals surface area contributed by atoms with Gasteiger partial charge in [0.1, 0.15) is 5.69 Å². The molecule has 2 nitrogen and oxygen atoms in total. The lowest BCUT2D eigenvalue weighted by Gasteiger charge is -2.48. The number of aryl methyl sites for hydroxylation is 1. The van der Waals surface area contributed by atoms with Crippen molar-refractivity contribution in [3.63, 3.8) is 0 Å². The summed E-state index contributed by atoms with van der Waals surface area (Å²) in [5.41, 5.74) is 3.76. The molecule has 5 heteroatoms. The zero-order valence-corrected chi connectivity index (χ0v) is 17.4. The zero-order chi connectivity index (χ0) is 21.2. The third-order valence-electron chi connectivity index (χ3n) is 6.84. The lowest BCUT2D eigenvalue weighted by molar-refractivity contribution is -0.735. The molecule has 1 atom stereocenters. The third-order valence-corrected chi connectivity index (χ3v) is 6.84. The molecule has 0 N–H and O–H groups in total. The number of benzene rings is 2. The van der Waals surface area contributed by atoms with Gasteiger partial charge in [0, 0.05) is 22.5 Å². The molecule has 4 rings (SSSR count). The van der Waals surface area contributed by atoms with E-state index in [0.717, 1.165) is 28.1 Å². The van der Waals surface area contributed by atoms with Crippen molar-refractivity contribution < 1.29 is 17.9 Å². The largest absolute Gasteiger partial charge is 0.390 e. The van der Waals surface area contributed by atoms with E-state index in [9.17, 15) is 13.2 Å². The van der Waals surface area contributed by atoms with Gasteiger partial charge < -0.3 is 0 Å². The van der Waals surface area contributed by atoms with Gasteiger partial charge in [-0.2, -0.15) is 13.2 Å². The molecule has 1 aromatic heterocycles. The monoisotopic (exact) mass is 399 g/mol. The van der Waals surface area contributed by atoms with Gasteiger partial charge in [-0.25, -0.2) is 0 Å². The average Bonchev–Trinajstić information content (AvgIpc) is 2.98. The molecule has 1 aliphatic heterocycles. The van der Waals surface area contributed by atoms with Gasteiger partial charge in [0.25, 0.3) is 0 Å². The van der Waals surface area contributed by atoms with Crippen LogP contribution in [0.25, 0.3) is 16.9 Å². The molecule has 29 heavy (non-hydrogen) atoms. The van der Waals surface area contributed by atoms with Crippen LogP contribution in [-0.4, -0.2) is 10.9 Å². The molecule has 2 aromatic carbocycles. The Labute approximate surface area is 169 Å². The Hall–Kier alpha value is -2.56. The molecule has 152 valence electrons. The van der Waals surface area contributed by atoms with Crippen molar-refractivity contribution in [2.75, 3.05) is 0 Å². The number of alkyl halides is 3. The van der Waals surface area contributed by atoms with Crippen molar-refractivity contribution in [2.45, 2.75) is 51.1 Å². The Kier molecular flexibility index (Phi) is 4.23. The summed E-state index contributed by atoms with van der Waals surface area (Å²) in [4.78, 5) is 0.